The van der Waals surface area contributed by atoms with Crippen LogP contribution >= 0.6 is 0 Å². The van der Waals surface area contributed by atoms with E-state index in [1.54, 1.807) is 6.92 Å². The quantitative estimate of drug-likeness (QED) is 0.318. The number of hydrogen-bond acceptors (Lipinski definition) is 5. The molecule has 3 unspecified atom stereocenters. The van der Waals surface area contributed by atoms with Gasteiger partial charge in [0, 0.05) is 31.0 Å². The molecule has 1 aromatic rings. The molecule has 3 aliphatic rings. The lowest BCUT2D eigenvalue weighted by Gasteiger charge is -2.53. The summed E-state index contributed by atoms with van der Waals surface area (Å²) in [6, 6.07) is 9.80. The maximum Gasteiger partial charge on any atom is 0.410 e. The minimum Gasteiger partial charge on any atom is -0.445 e. The molecule has 3 fully saturated rings. The van der Waals surface area contributed by atoms with Crippen molar-refractivity contribution in [1.29, 1.82) is 16.1 Å². The van der Waals surface area contributed by atoms with Gasteiger partial charge < -0.3 is 14.5 Å². The van der Waals surface area contributed by atoms with Gasteiger partial charge in [0.2, 0.25) is 0 Å². The summed E-state index contributed by atoms with van der Waals surface area (Å²) in [6.45, 7) is 7.81. The first-order valence-corrected chi connectivity index (χ1v) is 13.0. The molecule has 7 nitrogen and oxygen atoms in total. The number of rotatable bonds is 6. The van der Waals surface area contributed by atoms with Gasteiger partial charge in [-0.15, -0.1) is 0 Å². The van der Waals surface area contributed by atoms with Gasteiger partial charge >= 0.3 is 6.09 Å². The zero-order valence-corrected chi connectivity index (χ0v) is 21.3. The standard InChI is InChI=1S/C27H38BN5O2/c1-19-13-24(28(19)18-29)14-20(2)33(21(3)30)25(31)23-15-27(16-23)9-11-32(12-10-27)26(34)35-17-22-7-5-4-6-8-22/h4-8,19-20,23-24,30-31H,9-17H2,1-3H3. The van der Waals surface area contributed by atoms with Gasteiger partial charge in [0.15, 0.2) is 0 Å². The first-order chi connectivity index (χ1) is 16.7. The lowest BCUT2D eigenvalue weighted by atomic mass is 9.24. The van der Waals surface area contributed by atoms with Crippen molar-refractivity contribution < 1.29 is 9.53 Å². The third-order valence-corrected chi connectivity index (χ3v) is 8.68. The number of ether oxygens (including phenoxy) is 1. The molecule has 3 atom stereocenters. The maximum absolute atomic E-state index is 12.5. The maximum atomic E-state index is 12.5. The number of carbonyl (C=O) groups is 1. The molecule has 4 rings (SSSR count). The molecule has 0 radical (unpaired) electrons. The zero-order chi connectivity index (χ0) is 25.2. The number of piperidine rings is 1. The fraction of sp³-hybridized carbons (Fsp3) is 0.630. The lowest BCUT2D eigenvalue weighted by molar-refractivity contribution is 0.00380. The Hall–Kier alpha value is -2.82. The van der Waals surface area contributed by atoms with Crippen molar-refractivity contribution >= 4 is 24.5 Å². The van der Waals surface area contributed by atoms with E-state index in [0.717, 1.165) is 44.1 Å². The Morgan fingerprint density at radius 1 is 1.29 bits per heavy atom. The molecule has 0 bridgehead atoms. The minimum absolute atomic E-state index is 0.0612. The van der Waals surface area contributed by atoms with E-state index in [1.807, 2.05) is 40.1 Å². The molecule has 2 aliphatic heterocycles. The predicted molar refractivity (Wildman–Crippen MR) is 139 cm³/mol. The Bertz CT molecular complexity index is 977. The zero-order valence-electron chi connectivity index (χ0n) is 21.3. The van der Waals surface area contributed by atoms with Crippen molar-refractivity contribution in [2.24, 2.45) is 11.3 Å². The smallest absolute Gasteiger partial charge is 0.410 e. The van der Waals surface area contributed by atoms with E-state index in [2.05, 4.69) is 19.8 Å². The minimum atomic E-state index is -0.243. The van der Waals surface area contributed by atoms with Crippen LogP contribution in [0.3, 0.4) is 0 Å². The van der Waals surface area contributed by atoms with Crippen molar-refractivity contribution in [3.05, 3.63) is 35.9 Å². The number of hydrogen-bond donors (Lipinski definition) is 2. The molecule has 2 N–H and O–H groups in total. The Labute approximate surface area is 209 Å². The van der Waals surface area contributed by atoms with Gasteiger partial charge in [-0.05, 0) is 62.7 Å². The monoisotopic (exact) mass is 475 g/mol. The molecule has 2 saturated heterocycles. The first kappa shape index (κ1) is 25.3. The molecule has 1 amide bonds. The van der Waals surface area contributed by atoms with Crippen LogP contribution in [-0.4, -0.2) is 53.4 Å². The molecule has 186 valence electrons. The number of nitriles is 1. The second-order valence-corrected chi connectivity index (χ2v) is 11.2. The molecule has 1 spiro atoms. The Morgan fingerprint density at radius 3 is 2.51 bits per heavy atom. The van der Waals surface area contributed by atoms with Gasteiger partial charge in [-0.25, -0.2) is 10.1 Å². The Balaban J connectivity index is 1.24. The van der Waals surface area contributed by atoms with Gasteiger partial charge in [0.1, 0.15) is 12.4 Å². The number of nitrogens with one attached hydrogen (secondary N) is 2. The second kappa shape index (κ2) is 10.4. The molecule has 35 heavy (non-hydrogen) atoms. The van der Waals surface area contributed by atoms with Gasteiger partial charge in [0.05, 0.1) is 5.84 Å². The van der Waals surface area contributed by atoms with E-state index in [9.17, 15) is 10.1 Å². The van der Waals surface area contributed by atoms with E-state index in [4.69, 9.17) is 15.6 Å². The third kappa shape index (κ3) is 5.39. The molecule has 1 saturated carbocycles. The normalized spacial score (nSPS) is 24.1. The van der Waals surface area contributed by atoms with Crippen molar-refractivity contribution in [1.82, 2.24) is 9.80 Å². The van der Waals surface area contributed by atoms with Crippen LogP contribution < -0.4 is 0 Å². The van der Waals surface area contributed by atoms with Crippen molar-refractivity contribution in [3.63, 3.8) is 0 Å². The van der Waals surface area contributed by atoms with Crippen LogP contribution in [0.25, 0.3) is 0 Å². The highest BCUT2D eigenvalue weighted by Crippen LogP contribution is 2.53. The fourth-order valence-electron chi connectivity index (χ4n) is 6.57. The van der Waals surface area contributed by atoms with Crippen LogP contribution in [0.15, 0.2) is 30.3 Å². The summed E-state index contributed by atoms with van der Waals surface area (Å²) in [5.41, 5.74) is 1.19. The summed E-state index contributed by atoms with van der Waals surface area (Å²) in [5, 5.41) is 26.7. The number of carbonyl (C=O) groups excluding carboxylic acids is 1. The highest BCUT2D eigenvalue weighted by Gasteiger charge is 2.50. The van der Waals surface area contributed by atoms with E-state index >= 15 is 0 Å². The van der Waals surface area contributed by atoms with Crippen LogP contribution in [0.5, 0.6) is 0 Å². The molecule has 8 heteroatoms. The SMILES string of the molecule is CC(=N)N(C(=N)C1CC2(CCN(C(=O)OCc3ccccc3)CC2)C1)C(C)CC1CC(C)B1C#N. The average molecular weight is 475 g/mol. The summed E-state index contributed by atoms with van der Waals surface area (Å²) in [4.78, 5) is 16.2. The first-order valence-electron chi connectivity index (χ1n) is 13.0. The molecular weight excluding hydrogens is 437 g/mol. The van der Waals surface area contributed by atoms with Crippen LogP contribution in [0.4, 0.5) is 4.79 Å². The molecular formula is C27H38BN5O2. The number of nitrogens with zero attached hydrogens (tertiary/aromatic N) is 3. The van der Waals surface area contributed by atoms with Gasteiger partial charge in [-0.2, -0.15) is 0 Å². The predicted octanol–water partition coefficient (Wildman–Crippen LogP) is 5.59. The van der Waals surface area contributed by atoms with E-state index in [1.165, 1.54) is 0 Å². The highest BCUT2D eigenvalue weighted by atomic mass is 16.6. The largest absolute Gasteiger partial charge is 0.445 e. The van der Waals surface area contributed by atoms with Gasteiger partial charge in [-0.3, -0.25) is 10.8 Å². The van der Waals surface area contributed by atoms with E-state index in [0.29, 0.717) is 43.0 Å². The number of amides is 1. The summed E-state index contributed by atoms with van der Waals surface area (Å²) in [6.07, 6.45) is 5.48. The highest BCUT2D eigenvalue weighted by molar-refractivity contribution is 6.72. The Kier molecular flexibility index (Phi) is 7.54. The molecule has 1 aromatic carbocycles. The number of amidine groups is 2. The second-order valence-electron chi connectivity index (χ2n) is 11.2. The fourth-order valence-corrected chi connectivity index (χ4v) is 6.57. The van der Waals surface area contributed by atoms with E-state index in [-0.39, 0.29) is 30.2 Å². The average Bonchev–Trinajstić information content (AvgIpc) is 2.81. The summed E-state index contributed by atoms with van der Waals surface area (Å²) < 4.78 is 5.50. The molecule has 0 aromatic heterocycles. The lowest BCUT2D eigenvalue weighted by Crippen LogP contribution is -2.54. The summed E-state index contributed by atoms with van der Waals surface area (Å²) in [5.74, 6) is 4.43. The van der Waals surface area contributed by atoms with Crippen molar-refractivity contribution in [3.8, 4) is 5.97 Å². The topological polar surface area (TPSA) is 104 Å². The van der Waals surface area contributed by atoms with Crippen molar-refractivity contribution in [2.45, 2.75) is 83.6 Å². The van der Waals surface area contributed by atoms with Crippen LogP contribution in [0.2, 0.25) is 11.6 Å². The number of likely N-dealkylation sites (tertiary alicyclic amines) is 1. The van der Waals surface area contributed by atoms with Crippen molar-refractivity contribution in [2.75, 3.05) is 13.1 Å². The van der Waals surface area contributed by atoms with Gasteiger partial charge in [-0.1, -0.05) is 49.5 Å². The summed E-state index contributed by atoms with van der Waals surface area (Å²) >= 11 is 0. The molecule has 2 heterocycles. The summed E-state index contributed by atoms with van der Waals surface area (Å²) in [7, 11) is 0. The Morgan fingerprint density at radius 2 is 1.94 bits per heavy atom. The molecule has 1 aliphatic carbocycles. The van der Waals surface area contributed by atoms with E-state index < -0.39 is 0 Å². The van der Waals surface area contributed by atoms with Gasteiger partial charge in [0.25, 0.3) is 6.71 Å². The third-order valence-electron chi connectivity index (χ3n) is 8.68. The van der Waals surface area contributed by atoms with Crippen LogP contribution in [-0.2, 0) is 11.3 Å². The number of benzene rings is 1. The van der Waals surface area contributed by atoms with Crippen LogP contribution in [0.1, 0.15) is 64.9 Å². The van der Waals surface area contributed by atoms with Crippen LogP contribution in [0, 0.1) is 33.4 Å².